The topological polar surface area (TPSA) is 83.1 Å². The van der Waals surface area contributed by atoms with Gasteiger partial charge in [0.25, 0.3) is 5.91 Å². The fourth-order valence-corrected chi connectivity index (χ4v) is 4.38. The number of carbonyl (C=O) groups is 2. The quantitative estimate of drug-likeness (QED) is 0.483. The summed E-state index contributed by atoms with van der Waals surface area (Å²) in [6.07, 6.45) is 0. The molecule has 1 atom stereocenters. The minimum Gasteiger partial charge on any atom is -0.496 e. The lowest BCUT2D eigenvalue weighted by Crippen LogP contribution is -2.15. The third kappa shape index (κ3) is 4.70. The largest absolute Gasteiger partial charge is 0.496 e. The number of benzene rings is 2. The van der Waals surface area contributed by atoms with Gasteiger partial charge in [-0.3, -0.25) is 4.79 Å². The Morgan fingerprint density at radius 3 is 2.06 bits per heavy atom. The number of carbonyl (C=O) groups excluding carboxylic acids is 2. The van der Waals surface area contributed by atoms with Gasteiger partial charge in [-0.15, -0.1) is 11.3 Å². The van der Waals surface area contributed by atoms with Gasteiger partial charge < -0.3 is 24.3 Å². The Balaban J connectivity index is 1.98. The molecule has 1 amide bonds. The predicted molar refractivity (Wildman–Crippen MR) is 124 cm³/mol. The molecule has 2 aromatic carbocycles. The van der Waals surface area contributed by atoms with Gasteiger partial charge in [0.1, 0.15) is 10.8 Å². The lowest BCUT2D eigenvalue weighted by atomic mass is 9.99. The molecule has 3 aromatic rings. The normalized spacial score (nSPS) is 11.4. The number of ether oxygens (including phenoxy) is 4. The summed E-state index contributed by atoms with van der Waals surface area (Å²) in [5.74, 6) is 0.193. The molecule has 1 N–H and O–H groups in total. The number of hydrogen-bond acceptors (Lipinski definition) is 7. The summed E-state index contributed by atoms with van der Waals surface area (Å²) in [4.78, 5) is 26.5. The van der Waals surface area contributed by atoms with E-state index in [0.29, 0.717) is 27.8 Å². The van der Waals surface area contributed by atoms with E-state index in [0.717, 1.165) is 10.4 Å². The second-order valence-corrected chi connectivity index (χ2v) is 7.96. The molecular formula is C24H25NO6S. The molecule has 0 fully saturated rings. The zero-order valence-electron chi connectivity index (χ0n) is 18.6. The number of esters is 1. The number of methoxy groups -OCH3 is 4. The molecule has 0 saturated heterocycles. The second-order valence-electron chi connectivity index (χ2n) is 6.88. The Morgan fingerprint density at radius 1 is 0.844 bits per heavy atom. The summed E-state index contributed by atoms with van der Waals surface area (Å²) in [7, 11) is 5.75. The third-order valence-electron chi connectivity index (χ3n) is 5.06. The maximum Gasteiger partial charge on any atom is 0.340 e. The van der Waals surface area contributed by atoms with E-state index in [-0.39, 0.29) is 11.5 Å². The first-order chi connectivity index (χ1) is 15.4. The van der Waals surface area contributed by atoms with Crippen LogP contribution in [0, 0.1) is 0 Å². The van der Waals surface area contributed by atoms with Crippen LogP contribution in [0.2, 0.25) is 0 Å². The van der Waals surface area contributed by atoms with Gasteiger partial charge in [0.2, 0.25) is 0 Å². The molecular weight excluding hydrogens is 430 g/mol. The SMILES string of the molecule is COC(=O)c1cc(C(C)c2ccccc2)sc1NC(=O)c1cc(OC)c(OC)cc1OC. The van der Waals surface area contributed by atoms with Gasteiger partial charge in [-0.2, -0.15) is 0 Å². The van der Waals surface area contributed by atoms with Gasteiger partial charge in [-0.05, 0) is 11.6 Å². The minimum absolute atomic E-state index is 0.0332. The molecule has 1 unspecified atom stereocenters. The molecule has 0 aliphatic heterocycles. The molecule has 8 heteroatoms. The maximum atomic E-state index is 13.1. The maximum absolute atomic E-state index is 13.1. The Hall–Kier alpha value is -3.52. The van der Waals surface area contributed by atoms with E-state index in [1.54, 1.807) is 12.1 Å². The second kappa shape index (κ2) is 10.2. The highest BCUT2D eigenvalue weighted by atomic mass is 32.1. The van der Waals surface area contributed by atoms with Crippen molar-refractivity contribution in [1.82, 2.24) is 0 Å². The molecule has 7 nitrogen and oxygen atoms in total. The Labute approximate surface area is 190 Å². The van der Waals surface area contributed by atoms with Crippen molar-refractivity contribution < 1.29 is 28.5 Å². The lowest BCUT2D eigenvalue weighted by Gasteiger charge is -2.14. The highest BCUT2D eigenvalue weighted by Gasteiger charge is 2.24. The van der Waals surface area contributed by atoms with Crippen LogP contribution >= 0.6 is 11.3 Å². The molecule has 168 valence electrons. The Morgan fingerprint density at radius 2 is 1.47 bits per heavy atom. The molecule has 32 heavy (non-hydrogen) atoms. The van der Waals surface area contributed by atoms with Crippen LogP contribution in [0.25, 0.3) is 0 Å². The average molecular weight is 456 g/mol. The van der Waals surface area contributed by atoms with E-state index in [2.05, 4.69) is 5.32 Å². The number of rotatable bonds is 8. The monoisotopic (exact) mass is 455 g/mol. The van der Waals surface area contributed by atoms with E-state index in [1.165, 1.54) is 45.8 Å². The minimum atomic E-state index is -0.526. The number of thiophene rings is 1. The van der Waals surface area contributed by atoms with Crippen molar-refractivity contribution in [2.75, 3.05) is 33.8 Å². The first kappa shape index (κ1) is 23.1. The van der Waals surface area contributed by atoms with Crippen LogP contribution in [0.4, 0.5) is 5.00 Å². The highest BCUT2D eigenvalue weighted by molar-refractivity contribution is 7.16. The van der Waals surface area contributed by atoms with Crippen LogP contribution < -0.4 is 19.5 Å². The van der Waals surface area contributed by atoms with Crippen molar-refractivity contribution in [3.63, 3.8) is 0 Å². The summed E-state index contributed by atoms with van der Waals surface area (Å²) in [5.41, 5.74) is 1.64. The first-order valence-corrected chi connectivity index (χ1v) is 10.6. The summed E-state index contributed by atoms with van der Waals surface area (Å²) in [6, 6.07) is 14.8. The summed E-state index contributed by atoms with van der Waals surface area (Å²) in [5, 5.41) is 3.23. The van der Waals surface area contributed by atoms with Crippen LogP contribution in [-0.2, 0) is 4.74 Å². The van der Waals surface area contributed by atoms with Gasteiger partial charge in [-0.1, -0.05) is 37.3 Å². The highest BCUT2D eigenvalue weighted by Crippen LogP contribution is 2.38. The molecule has 1 aromatic heterocycles. The van der Waals surface area contributed by atoms with E-state index in [9.17, 15) is 9.59 Å². The van der Waals surface area contributed by atoms with Crippen molar-refractivity contribution in [1.29, 1.82) is 0 Å². The third-order valence-corrected chi connectivity index (χ3v) is 6.29. The number of anilines is 1. The Kier molecular flexibility index (Phi) is 7.37. The lowest BCUT2D eigenvalue weighted by molar-refractivity contribution is 0.0602. The van der Waals surface area contributed by atoms with Gasteiger partial charge in [0, 0.05) is 22.9 Å². The summed E-state index contributed by atoms with van der Waals surface area (Å²) in [6.45, 7) is 2.05. The first-order valence-electron chi connectivity index (χ1n) is 9.81. The molecule has 0 spiro atoms. The molecule has 3 rings (SSSR count). The standard InChI is InChI=1S/C24H25NO6S/c1-14(15-9-7-6-8-10-15)21-12-17(24(27)31-5)23(32-21)25-22(26)16-11-19(29-3)20(30-4)13-18(16)28-2/h6-14H,1-5H3,(H,25,26). The van der Waals surface area contributed by atoms with E-state index in [1.807, 2.05) is 37.3 Å². The van der Waals surface area contributed by atoms with E-state index in [4.69, 9.17) is 18.9 Å². The predicted octanol–water partition coefficient (Wildman–Crippen LogP) is 4.96. The summed E-state index contributed by atoms with van der Waals surface area (Å²) >= 11 is 1.33. The zero-order chi connectivity index (χ0) is 23.3. The smallest absolute Gasteiger partial charge is 0.340 e. The van der Waals surface area contributed by atoms with Crippen molar-refractivity contribution in [3.8, 4) is 17.2 Å². The van der Waals surface area contributed by atoms with E-state index >= 15 is 0 Å². The molecule has 0 aliphatic rings. The van der Waals surface area contributed by atoms with Gasteiger partial charge in [0.15, 0.2) is 11.5 Å². The van der Waals surface area contributed by atoms with Crippen molar-refractivity contribution in [3.05, 3.63) is 70.1 Å². The summed E-state index contributed by atoms with van der Waals surface area (Å²) < 4.78 is 20.9. The van der Waals surface area contributed by atoms with Gasteiger partial charge in [0.05, 0.1) is 39.6 Å². The van der Waals surface area contributed by atoms with Crippen molar-refractivity contribution in [2.24, 2.45) is 0 Å². The fourth-order valence-electron chi connectivity index (χ4n) is 3.26. The number of nitrogens with one attached hydrogen (secondary N) is 1. The molecule has 0 saturated carbocycles. The van der Waals surface area contributed by atoms with Crippen LogP contribution in [0.3, 0.4) is 0 Å². The van der Waals surface area contributed by atoms with Crippen LogP contribution in [-0.4, -0.2) is 40.3 Å². The van der Waals surface area contributed by atoms with E-state index < -0.39 is 11.9 Å². The van der Waals surface area contributed by atoms with Crippen LogP contribution in [0.15, 0.2) is 48.5 Å². The average Bonchev–Trinajstić information content (AvgIpc) is 3.26. The van der Waals surface area contributed by atoms with Crippen molar-refractivity contribution in [2.45, 2.75) is 12.8 Å². The van der Waals surface area contributed by atoms with Gasteiger partial charge in [-0.25, -0.2) is 4.79 Å². The number of amides is 1. The zero-order valence-corrected chi connectivity index (χ0v) is 19.4. The fraction of sp³-hybridized carbons (Fsp3) is 0.250. The molecule has 0 aliphatic carbocycles. The van der Waals surface area contributed by atoms with Crippen molar-refractivity contribution >= 4 is 28.2 Å². The molecule has 0 bridgehead atoms. The molecule has 0 radical (unpaired) electrons. The number of hydrogen-bond donors (Lipinski definition) is 1. The van der Waals surface area contributed by atoms with Crippen LogP contribution in [0.1, 0.15) is 44.0 Å². The molecule has 1 heterocycles. The van der Waals surface area contributed by atoms with Gasteiger partial charge >= 0.3 is 5.97 Å². The Bertz CT molecular complexity index is 1110. The van der Waals surface area contributed by atoms with Crippen LogP contribution in [0.5, 0.6) is 17.2 Å².